The molecule has 6 amide bonds. The van der Waals surface area contributed by atoms with Crippen molar-refractivity contribution in [2.75, 3.05) is 19.6 Å². The summed E-state index contributed by atoms with van der Waals surface area (Å²) < 4.78 is 0. The Hall–Kier alpha value is -4.73. The number of hydrogen-bond acceptors (Lipinski definition) is 8. The van der Waals surface area contributed by atoms with Crippen LogP contribution in [0.5, 0.6) is 0 Å². The van der Waals surface area contributed by atoms with Crippen LogP contribution >= 0.6 is 0 Å². The molecule has 0 spiro atoms. The van der Waals surface area contributed by atoms with Crippen LogP contribution in [-0.4, -0.2) is 96.1 Å². The monoisotopic (exact) mass is 658 g/mol. The van der Waals surface area contributed by atoms with Crippen LogP contribution in [0.2, 0.25) is 0 Å². The molecule has 47 heavy (non-hydrogen) atoms. The second kappa shape index (κ2) is 19.1. The fourth-order valence-electron chi connectivity index (χ4n) is 5.27. The number of nitrogens with zero attached hydrogens (tertiary/aromatic N) is 2. The molecule has 16 nitrogen and oxygen atoms in total. The lowest BCUT2D eigenvalue weighted by Gasteiger charge is -2.29. The van der Waals surface area contributed by atoms with E-state index in [0.717, 1.165) is 5.56 Å². The molecule has 1 aliphatic rings. The van der Waals surface area contributed by atoms with Crippen molar-refractivity contribution >= 4 is 41.4 Å². The summed E-state index contributed by atoms with van der Waals surface area (Å²) in [6.45, 7) is 5.33. The van der Waals surface area contributed by atoms with Crippen LogP contribution in [-0.2, 0) is 35.2 Å². The summed E-state index contributed by atoms with van der Waals surface area (Å²) in [4.78, 5) is 83.2. The van der Waals surface area contributed by atoms with E-state index in [-0.39, 0.29) is 44.4 Å². The summed E-state index contributed by atoms with van der Waals surface area (Å²) in [7, 11) is 0. The van der Waals surface area contributed by atoms with E-state index in [9.17, 15) is 28.8 Å². The molecule has 1 heterocycles. The second-order valence-electron chi connectivity index (χ2n) is 11.7. The number of aliphatic imine (C=N–C) groups is 1. The molecule has 0 unspecified atom stereocenters. The number of likely N-dealkylation sites (tertiary alicyclic amines) is 1. The summed E-state index contributed by atoms with van der Waals surface area (Å²) in [5, 5.41) is 10.7. The first-order valence-corrected chi connectivity index (χ1v) is 15.9. The van der Waals surface area contributed by atoms with Gasteiger partial charge in [0.15, 0.2) is 5.96 Å². The number of hydrogen-bond donors (Lipinski definition) is 8. The molecule has 2 rings (SSSR count). The number of primary amides is 1. The Labute approximate surface area is 275 Å². The highest BCUT2D eigenvalue weighted by molar-refractivity contribution is 5.96. The van der Waals surface area contributed by atoms with E-state index >= 15 is 0 Å². The third-order valence-electron chi connectivity index (χ3n) is 8.08. The van der Waals surface area contributed by atoms with Gasteiger partial charge in [0, 0.05) is 19.5 Å². The molecule has 12 N–H and O–H groups in total. The number of rotatable bonds is 18. The summed E-state index contributed by atoms with van der Waals surface area (Å²) in [5.41, 5.74) is 22.5. The summed E-state index contributed by atoms with van der Waals surface area (Å²) in [6.07, 6.45) is 1.97. The normalized spacial score (nSPS) is 17.3. The van der Waals surface area contributed by atoms with Gasteiger partial charge in [-0.05, 0) is 44.1 Å². The van der Waals surface area contributed by atoms with Crippen molar-refractivity contribution in [3.05, 3.63) is 35.9 Å². The highest BCUT2D eigenvalue weighted by Gasteiger charge is 2.38. The quantitative estimate of drug-likeness (QED) is 0.0479. The van der Waals surface area contributed by atoms with Gasteiger partial charge in [-0.1, -0.05) is 50.6 Å². The predicted molar refractivity (Wildman–Crippen MR) is 176 cm³/mol. The first-order valence-electron chi connectivity index (χ1n) is 15.9. The van der Waals surface area contributed by atoms with Gasteiger partial charge in [0.1, 0.15) is 30.2 Å². The molecule has 1 saturated heterocycles. The Kier molecular flexibility index (Phi) is 15.6. The SMILES string of the molecule is CC[C@H](C)[C@H](NC(=O)[C@H](Cc1ccccc1)NC(=O)[C@H](CCCN=C(N)N)NC(=O)[C@@H]1CCCN1C(=O)[C@H](C)NC(=O)CN)C(N)=O. The third-order valence-corrected chi connectivity index (χ3v) is 8.08. The van der Waals surface area contributed by atoms with Crippen LogP contribution in [0.3, 0.4) is 0 Å². The molecule has 0 aliphatic carbocycles. The van der Waals surface area contributed by atoms with E-state index in [0.29, 0.717) is 25.7 Å². The minimum Gasteiger partial charge on any atom is -0.370 e. The van der Waals surface area contributed by atoms with Gasteiger partial charge in [-0.2, -0.15) is 0 Å². The van der Waals surface area contributed by atoms with E-state index in [2.05, 4.69) is 26.3 Å². The first-order chi connectivity index (χ1) is 22.3. The largest absolute Gasteiger partial charge is 0.370 e. The number of guanidine groups is 1. The van der Waals surface area contributed by atoms with Gasteiger partial charge in [0.2, 0.25) is 35.4 Å². The number of amides is 6. The second-order valence-corrected chi connectivity index (χ2v) is 11.7. The van der Waals surface area contributed by atoms with Gasteiger partial charge in [0.25, 0.3) is 0 Å². The first kappa shape index (κ1) is 38.5. The van der Waals surface area contributed by atoms with E-state index < -0.39 is 65.7 Å². The van der Waals surface area contributed by atoms with E-state index in [1.807, 2.05) is 13.0 Å². The maximum Gasteiger partial charge on any atom is 0.245 e. The number of carbonyl (C=O) groups is 6. The maximum atomic E-state index is 13.8. The highest BCUT2D eigenvalue weighted by Crippen LogP contribution is 2.19. The summed E-state index contributed by atoms with van der Waals surface area (Å²) >= 11 is 0. The van der Waals surface area contributed by atoms with Crippen LogP contribution in [0.15, 0.2) is 35.3 Å². The summed E-state index contributed by atoms with van der Waals surface area (Å²) in [5.74, 6) is -3.88. The van der Waals surface area contributed by atoms with Crippen LogP contribution in [0.25, 0.3) is 0 Å². The zero-order valence-electron chi connectivity index (χ0n) is 27.4. The van der Waals surface area contributed by atoms with Crippen molar-refractivity contribution in [1.29, 1.82) is 0 Å². The zero-order valence-corrected chi connectivity index (χ0v) is 27.4. The van der Waals surface area contributed by atoms with E-state index in [4.69, 9.17) is 22.9 Å². The molecule has 0 radical (unpaired) electrons. The Morgan fingerprint density at radius 1 is 0.936 bits per heavy atom. The average molecular weight is 659 g/mol. The van der Waals surface area contributed by atoms with Crippen LogP contribution in [0, 0.1) is 5.92 Å². The maximum absolute atomic E-state index is 13.8. The summed E-state index contributed by atoms with van der Waals surface area (Å²) in [6, 6.07) is 3.99. The number of carbonyl (C=O) groups excluding carboxylic acids is 6. The molecule has 16 heteroatoms. The lowest BCUT2D eigenvalue weighted by atomic mass is 9.97. The lowest BCUT2D eigenvalue weighted by molar-refractivity contribution is -0.141. The van der Waals surface area contributed by atoms with Gasteiger partial charge in [0.05, 0.1) is 6.54 Å². The Morgan fingerprint density at radius 3 is 2.19 bits per heavy atom. The van der Waals surface area contributed by atoms with Gasteiger partial charge in [-0.15, -0.1) is 0 Å². The number of nitrogens with one attached hydrogen (secondary N) is 4. The molecule has 1 aromatic rings. The van der Waals surface area contributed by atoms with Crippen molar-refractivity contribution in [2.24, 2.45) is 33.8 Å². The van der Waals surface area contributed by atoms with E-state index in [1.165, 1.54) is 11.8 Å². The van der Waals surface area contributed by atoms with Crippen molar-refractivity contribution in [3.8, 4) is 0 Å². The zero-order chi connectivity index (χ0) is 35.1. The van der Waals surface area contributed by atoms with Crippen LogP contribution in [0.4, 0.5) is 0 Å². The van der Waals surface area contributed by atoms with Crippen LogP contribution < -0.4 is 44.2 Å². The lowest BCUT2D eigenvalue weighted by Crippen LogP contribution is -2.59. The molecule has 260 valence electrons. The molecular weight excluding hydrogens is 608 g/mol. The topological polar surface area (TPSA) is 270 Å². The van der Waals surface area contributed by atoms with Crippen molar-refractivity contribution in [2.45, 2.75) is 89.5 Å². The number of benzene rings is 1. The minimum absolute atomic E-state index is 0.0936. The van der Waals surface area contributed by atoms with E-state index in [1.54, 1.807) is 31.2 Å². The van der Waals surface area contributed by atoms with Crippen molar-refractivity contribution in [3.63, 3.8) is 0 Å². The predicted octanol–water partition coefficient (Wildman–Crippen LogP) is -2.28. The smallest absolute Gasteiger partial charge is 0.245 e. The van der Waals surface area contributed by atoms with Gasteiger partial charge < -0.3 is 49.1 Å². The molecule has 1 aromatic carbocycles. The minimum atomic E-state index is -1.13. The molecular formula is C31H50N10O6. The molecule has 0 aromatic heterocycles. The van der Waals surface area contributed by atoms with Crippen molar-refractivity contribution < 1.29 is 28.8 Å². The average Bonchev–Trinajstić information content (AvgIpc) is 3.54. The third kappa shape index (κ3) is 12.2. The molecule has 1 aliphatic heterocycles. The molecule has 6 atom stereocenters. The molecule has 0 saturated carbocycles. The Morgan fingerprint density at radius 2 is 1.60 bits per heavy atom. The van der Waals surface area contributed by atoms with Crippen LogP contribution in [0.1, 0.15) is 58.4 Å². The van der Waals surface area contributed by atoms with Gasteiger partial charge in [-0.25, -0.2) is 0 Å². The standard InChI is InChI=1S/C31H50N10O6/c1-4-18(2)25(26(33)43)40-28(45)22(16-20-10-6-5-7-11-20)39-27(44)21(12-8-14-36-31(34)35)38-29(46)23-13-9-15-41(23)30(47)19(3)37-24(42)17-32/h5-7,10-11,18-19,21-23,25H,4,8-9,12-17,32H2,1-3H3,(H2,33,43)(H,37,42)(H,38,46)(H,39,44)(H,40,45)(H4,34,35,36)/t18-,19-,21-,22-,23-,25-/m0/s1. The fraction of sp³-hybridized carbons (Fsp3) is 0.581. The Bertz CT molecular complexity index is 1270. The van der Waals surface area contributed by atoms with Crippen molar-refractivity contribution in [1.82, 2.24) is 26.2 Å². The highest BCUT2D eigenvalue weighted by atomic mass is 16.2. The molecule has 0 bridgehead atoms. The van der Waals surface area contributed by atoms with Gasteiger partial charge >= 0.3 is 0 Å². The fourth-order valence-corrected chi connectivity index (χ4v) is 5.27. The van der Waals surface area contributed by atoms with Gasteiger partial charge in [-0.3, -0.25) is 33.8 Å². The molecule has 1 fully saturated rings. The Balaban J connectivity index is 2.30. The number of nitrogens with two attached hydrogens (primary N) is 4.